The van der Waals surface area contributed by atoms with Gasteiger partial charge in [-0.15, -0.1) is 11.3 Å². The predicted molar refractivity (Wildman–Crippen MR) is 93.8 cm³/mol. The van der Waals surface area contributed by atoms with E-state index in [-0.39, 0.29) is 18.1 Å². The molecule has 0 radical (unpaired) electrons. The molecule has 1 N–H and O–H groups in total. The number of nitrogens with one attached hydrogen (secondary N) is 1. The molecule has 0 bridgehead atoms. The third-order valence-corrected chi connectivity index (χ3v) is 5.69. The van der Waals surface area contributed by atoms with Gasteiger partial charge in [-0.3, -0.25) is 0 Å². The van der Waals surface area contributed by atoms with Crippen LogP contribution in [0.15, 0.2) is 16.8 Å². The molecule has 2 rings (SSSR count). The van der Waals surface area contributed by atoms with E-state index in [0.717, 1.165) is 22.0 Å². The van der Waals surface area contributed by atoms with Gasteiger partial charge >= 0.3 is 6.03 Å². The number of aryl methyl sites for hydroxylation is 2. The van der Waals surface area contributed by atoms with Crippen molar-refractivity contribution >= 4 is 28.7 Å². The van der Waals surface area contributed by atoms with Crippen molar-refractivity contribution in [3.05, 3.63) is 38.0 Å². The summed E-state index contributed by atoms with van der Waals surface area (Å²) in [6.07, 6.45) is 0.857. The second-order valence-electron chi connectivity index (χ2n) is 5.66. The second kappa shape index (κ2) is 7.24. The van der Waals surface area contributed by atoms with Crippen molar-refractivity contribution in [2.75, 3.05) is 7.05 Å². The fraction of sp³-hybridized carbons (Fsp3) is 0.500. The van der Waals surface area contributed by atoms with Crippen molar-refractivity contribution in [2.24, 2.45) is 0 Å². The third kappa shape index (κ3) is 4.08. The monoisotopic (exact) mass is 337 g/mol. The van der Waals surface area contributed by atoms with Gasteiger partial charge in [0.1, 0.15) is 0 Å². The molecule has 0 aromatic carbocycles. The average Bonchev–Trinajstić information content (AvgIpc) is 3.06. The predicted octanol–water partition coefficient (Wildman–Crippen LogP) is 4.16. The van der Waals surface area contributed by atoms with E-state index >= 15 is 0 Å². The van der Waals surface area contributed by atoms with Crippen LogP contribution < -0.4 is 5.32 Å². The molecule has 0 fully saturated rings. The van der Waals surface area contributed by atoms with Gasteiger partial charge in [0.15, 0.2) is 0 Å². The lowest BCUT2D eigenvalue weighted by Gasteiger charge is -2.26. The van der Waals surface area contributed by atoms with E-state index in [1.165, 1.54) is 5.56 Å². The molecule has 0 spiro atoms. The van der Waals surface area contributed by atoms with Crippen molar-refractivity contribution < 1.29 is 4.79 Å². The zero-order valence-corrected chi connectivity index (χ0v) is 15.3. The molecule has 22 heavy (non-hydrogen) atoms. The average molecular weight is 338 g/mol. The second-order valence-corrected chi connectivity index (χ2v) is 7.67. The van der Waals surface area contributed by atoms with E-state index in [9.17, 15) is 4.79 Å². The summed E-state index contributed by atoms with van der Waals surface area (Å²) in [7, 11) is 1.84. The Balaban J connectivity index is 1.95. The third-order valence-electron chi connectivity index (χ3n) is 3.71. The van der Waals surface area contributed by atoms with E-state index in [0.29, 0.717) is 0 Å². The Morgan fingerprint density at radius 1 is 1.41 bits per heavy atom. The van der Waals surface area contributed by atoms with Crippen molar-refractivity contribution in [1.29, 1.82) is 0 Å². The van der Waals surface area contributed by atoms with Crippen molar-refractivity contribution in [1.82, 2.24) is 15.2 Å². The van der Waals surface area contributed by atoms with Gasteiger partial charge in [-0.05, 0) is 56.5 Å². The van der Waals surface area contributed by atoms with Crippen LogP contribution in [0.1, 0.15) is 41.0 Å². The number of aromatic nitrogens is 1. The quantitative estimate of drug-likeness (QED) is 0.890. The van der Waals surface area contributed by atoms with Gasteiger partial charge in [-0.1, -0.05) is 0 Å². The lowest BCUT2D eigenvalue weighted by molar-refractivity contribution is 0.191. The van der Waals surface area contributed by atoms with Crippen LogP contribution in [0.25, 0.3) is 0 Å². The van der Waals surface area contributed by atoms with Crippen LogP contribution in [0.4, 0.5) is 4.79 Å². The molecule has 120 valence electrons. The van der Waals surface area contributed by atoms with Gasteiger partial charge in [0, 0.05) is 18.0 Å². The first-order valence-electron chi connectivity index (χ1n) is 7.36. The zero-order chi connectivity index (χ0) is 16.3. The fourth-order valence-electron chi connectivity index (χ4n) is 2.41. The molecule has 2 heterocycles. The van der Waals surface area contributed by atoms with E-state index in [1.54, 1.807) is 27.6 Å². The van der Waals surface area contributed by atoms with E-state index in [4.69, 9.17) is 0 Å². The first-order valence-corrected chi connectivity index (χ1v) is 9.12. The smallest absolute Gasteiger partial charge is 0.317 e. The van der Waals surface area contributed by atoms with Gasteiger partial charge in [-0.25, -0.2) is 9.78 Å². The van der Waals surface area contributed by atoms with Crippen molar-refractivity contribution in [2.45, 2.75) is 46.2 Å². The zero-order valence-electron chi connectivity index (χ0n) is 13.7. The molecule has 0 aliphatic carbocycles. The fourth-order valence-corrected chi connectivity index (χ4v) is 4.12. The number of amides is 2. The van der Waals surface area contributed by atoms with Gasteiger partial charge in [0.2, 0.25) is 0 Å². The number of rotatable bonds is 5. The minimum absolute atomic E-state index is 0.0274. The minimum atomic E-state index is -0.0410. The first kappa shape index (κ1) is 17.0. The molecule has 0 aliphatic heterocycles. The topological polar surface area (TPSA) is 45.2 Å². The summed E-state index contributed by atoms with van der Waals surface area (Å²) in [6.45, 7) is 8.08. The maximum absolute atomic E-state index is 12.4. The Bertz CT molecular complexity index is 621. The Hall–Kier alpha value is -1.40. The number of carbonyl (C=O) groups is 1. The maximum atomic E-state index is 12.4. The van der Waals surface area contributed by atoms with Crippen LogP contribution in [0.5, 0.6) is 0 Å². The largest absolute Gasteiger partial charge is 0.335 e. The molecule has 2 atom stereocenters. The Morgan fingerprint density at radius 2 is 2.14 bits per heavy atom. The number of thiazole rings is 1. The van der Waals surface area contributed by atoms with E-state index in [1.807, 2.05) is 34.7 Å². The summed E-state index contributed by atoms with van der Waals surface area (Å²) in [6, 6.07) is 2.20. The van der Waals surface area contributed by atoms with Crippen molar-refractivity contribution in [3.63, 3.8) is 0 Å². The lowest BCUT2D eigenvalue weighted by Crippen LogP contribution is -2.43. The van der Waals surface area contributed by atoms with Crippen LogP contribution >= 0.6 is 22.7 Å². The van der Waals surface area contributed by atoms with Gasteiger partial charge in [0.25, 0.3) is 0 Å². The number of hydrogen-bond donors (Lipinski definition) is 1. The van der Waals surface area contributed by atoms with Gasteiger partial charge in [0.05, 0.1) is 16.7 Å². The number of hydrogen-bond acceptors (Lipinski definition) is 4. The van der Waals surface area contributed by atoms with Crippen LogP contribution in [0.2, 0.25) is 0 Å². The van der Waals surface area contributed by atoms with Crippen molar-refractivity contribution in [3.8, 4) is 0 Å². The van der Waals surface area contributed by atoms with E-state index in [2.05, 4.69) is 27.1 Å². The highest BCUT2D eigenvalue weighted by atomic mass is 32.1. The Kier molecular flexibility index (Phi) is 5.58. The normalized spacial score (nSPS) is 13.7. The highest BCUT2D eigenvalue weighted by molar-refractivity contribution is 7.11. The molecule has 0 unspecified atom stereocenters. The SMILES string of the molecule is Cc1nc(C)c([C@H](C)N(C)C(=O)N[C@H](C)Cc2ccsc2)s1. The molecule has 0 saturated heterocycles. The summed E-state index contributed by atoms with van der Waals surface area (Å²) < 4.78 is 0. The van der Waals surface area contributed by atoms with E-state index < -0.39 is 0 Å². The Labute approximate surface area is 140 Å². The minimum Gasteiger partial charge on any atom is -0.335 e. The molecule has 2 aromatic heterocycles. The molecular weight excluding hydrogens is 314 g/mol. The van der Waals surface area contributed by atoms with Crippen LogP contribution in [-0.2, 0) is 6.42 Å². The summed E-state index contributed by atoms with van der Waals surface area (Å²) in [5.74, 6) is 0. The number of thiophene rings is 1. The summed E-state index contributed by atoms with van der Waals surface area (Å²) in [4.78, 5) is 19.8. The molecule has 0 aliphatic rings. The number of urea groups is 1. The Morgan fingerprint density at radius 3 is 2.68 bits per heavy atom. The molecule has 2 aromatic rings. The van der Waals surface area contributed by atoms with Gasteiger partial charge < -0.3 is 10.2 Å². The molecular formula is C16H23N3OS2. The van der Waals surface area contributed by atoms with Crippen LogP contribution in [0, 0.1) is 13.8 Å². The summed E-state index contributed by atoms with van der Waals surface area (Å²) in [5, 5.41) is 8.30. The van der Waals surface area contributed by atoms with Crippen LogP contribution in [0.3, 0.4) is 0 Å². The molecule has 0 saturated carbocycles. The standard InChI is InChI=1S/C16H23N3OS2/c1-10(8-14-6-7-21-9-14)17-16(20)19(5)12(3)15-11(2)18-13(4)22-15/h6-7,9-10,12H,8H2,1-5H3,(H,17,20)/t10-,12+/m1/s1. The van der Waals surface area contributed by atoms with Gasteiger partial charge in [-0.2, -0.15) is 11.3 Å². The first-order chi connectivity index (χ1) is 10.4. The highest BCUT2D eigenvalue weighted by Gasteiger charge is 2.22. The lowest BCUT2D eigenvalue weighted by atomic mass is 10.1. The molecule has 4 nitrogen and oxygen atoms in total. The maximum Gasteiger partial charge on any atom is 0.317 e. The highest BCUT2D eigenvalue weighted by Crippen LogP contribution is 2.28. The summed E-state index contributed by atoms with van der Waals surface area (Å²) >= 11 is 3.34. The van der Waals surface area contributed by atoms with Crippen LogP contribution in [-0.4, -0.2) is 29.0 Å². The number of carbonyl (C=O) groups excluding carboxylic acids is 1. The molecule has 6 heteroatoms. The summed E-state index contributed by atoms with van der Waals surface area (Å²) in [5.41, 5.74) is 2.28. The number of nitrogens with zero attached hydrogens (tertiary/aromatic N) is 2. The molecule has 2 amide bonds.